The number of amides is 1. The number of aromatic nitrogens is 2. The summed E-state index contributed by atoms with van der Waals surface area (Å²) >= 11 is 5.03. The van der Waals surface area contributed by atoms with Gasteiger partial charge in [-0.2, -0.15) is 11.8 Å². The molecule has 1 N–H and O–H groups in total. The highest BCUT2D eigenvalue weighted by molar-refractivity contribution is 7.99. The molecule has 0 saturated carbocycles. The van der Waals surface area contributed by atoms with Crippen molar-refractivity contribution in [2.75, 3.05) is 29.5 Å². The molecule has 0 bridgehead atoms. The summed E-state index contributed by atoms with van der Waals surface area (Å²) in [5, 5.41) is 7.45. The molecule has 1 amide bonds. The second-order valence-electron chi connectivity index (χ2n) is 7.53. The SMILES string of the molecule is O=C(Cn1cnc2scc(-c3cccs3)c2c1=O)NCc1ccc(N2CCSCC2)cc1. The van der Waals surface area contributed by atoms with E-state index in [1.807, 2.05) is 34.7 Å². The summed E-state index contributed by atoms with van der Waals surface area (Å²) in [6.45, 7) is 2.53. The van der Waals surface area contributed by atoms with Gasteiger partial charge in [0.15, 0.2) is 0 Å². The van der Waals surface area contributed by atoms with E-state index in [1.54, 1.807) is 11.3 Å². The highest BCUT2D eigenvalue weighted by Gasteiger charge is 2.15. The second-order valence-corrected chi connectivity index (χ2v) is 10.6. The van der Waals surface area contributed by atoms with Gasteiger partial charge >= 0.3 is 0 Å². The molecule has 0 atom stereocenters. The van der Waals surface area contributed by atoms with Crippen LogP contribution in [0.5, 0.6) is 0 Å². The normalized spacial score (nSPS) is 14.1. The van der Waals surface area contributed by atoms with Crippen LogP contribution in [0, 0.1) is 0 Å². The van der Waals surface area contributed by atoms with Crippen LogP contribution >= 0.6 is 34.4 Å². The molecular weight excluding hydrogens is 460 g/mol. The fourth-order valence-corrected chi connectivity index (χ4v) is 6.37. The van der Waals surface area contributed by atoms with Crippen molar-refractivity contribution < 1.29 is 4.79 Å². The fraction of sp³-hybridized carbons (Fsp3) is 0.261. The molecule has 1 fully saturated rings. The van der Waals surface area contributed by atoms with Crippen LogP contribution in [-0.4, -0.2) is 40.1 Å². The molecule has 32 heavy (non-hydrogen) atoms. The van der Waals surface area contributed by atoms with Gasteiger partial charge in [-0.05, 0) is 29.1 Å². The summed E-state index contributed by atoms with van der Waals surface area (Å²) in [5.74, 6) is 2.12. The zero-order chi connectivity index (χ0) is 21.9. The molecule has 1 saturated heterocycles. The predicted octanol–water partition coefficient (Wildman–Crippen LogP) is 4.06. The van der Waals surface area contributed by atoms with Crippen molar-refractivity contribution >= 4 is 56.2 Å². The molecule has 1 aromatic carbocycles. The average Bonchev–Trinajstić information content (AvgIpc) is 3.51. The Hall–Kier alpha value is -2.62. The lowest BCUT2D eigenvalue weighted by Crippen LogP contribution is -2.32. The molecule has 5 rings (SSSR count). The average molecular weight is 483 g/mol. The number of rotatable bonds is 6. The predicted molar refractivity (Wildman–Crippen MR) is 135 cm³/mol. The van der Waals surface area contributed by atoms with Crippen molar-refractivity contribution in [3.63, 3.8) is 0 Å². The first-order valence-corrected chi connectivity index (χ1v) is 13.3. The summed E-state index contributed by atoms with van der Waals surface area (Å²) in [4.78, 5) is 34.1. The van der Waals surface area contributed by atoms with Gasteiger partial charge in [-0.1, -0.05) is 18.2 Å². The molecule has 164 valence electrons. The quantitative estimate of drug-likeness (QED) is 0.449. The minimum Gasteiger partial charge on any atom is -0.370 e. The lowest BCUT2D eigenvalue weighted by atomic mass is 10.2. The molecule has 1 aliphatic rings. The van der Waals surface area contributed by atoms with Gasteiger partial charge in [0.1, 0.15) is 11.4 Å². The topological polar surface area (TPSA) is 67.2 Å². The molecule has 0 spiro atoms. The highest BCUT2D eigenvalue weighted by atomic mass is 32.2. The molecule has 1 aliphatic heterocycles. The molecule has 0 unspecified atom stereocenters. The van der Waals surface area contributed by atoms with E-state index in [1.165, 1.54) is 27.9 Å². The van der Waals surface area contributed by atoms with E-state index in [2.05, 4.69) is 39.5 Å². The summed E-state index contributed by atoms with van der Waals surface area (Å²) in [5.41, 5.74) is 2.97. The zero-order valence-corrected chi connectivity index (χ0v) is 19.8. The standard InChI is InChI=1S/C23H22N4O2S3/c28-20(24-12-16-3-5-17(6-4-16)26-7-10-30-11-8-26)13-27-15-25-22-21(23(27)29)18(14-32-22)19-2-1-9-31-19/h1-6,9,14-15H,7-8,10-13H2,(H,24,28). The molecule has 9 heteroatoms. The van der Waals surface area contributed by atoms with Crippen LogP contribution in [0.15, 0.2) is 58.3 Å². The fourth-order valence-electron chi connectivity index (χ4n) is 3.75. The number of carbonyl (C=O) groups is 1. The van der Waals surface area contributed by atoms with Crippen molar-refractivity contribution in [1.29, 1.82) is 0 Å². The third-order valence-electron chi connectivity index (χ3n) is 5.46. The van der Waals surface area contributed by atoms with Gasteiger partial charge in [0.25, 0.3) is 5.56 Å². The van der Waals surface area contributed by atoms with Crippen LogP contribution in [0.2, 0.25) is 0 Å². The monoisotopic (exact) mass is 482 g/mol. The van der Waals surface area contributed by atoms with E-state index in [0.29, 0.717) is 16.8 Å². The first kappa shape index (κ1) is 21.2. The number of thioether (sulfide) groups is 1. The van der Waals surface area contributed by atoms with E-state index < -0.39 is 0 Å². The zero-order valence-electron chi connectivity index (χ0n) is 17.3. The Morgan fingerprint density at radius 1 is 1.09 bits per heavy atom. The smallest absolute Gasteiger partial charge is 0.263 e. The lowest BCUT2D eigenvalue weighted by molar-refractivity contribution is -0.121. The molecule has 4 heterocycles. The first-order chi connectivity index (χ1) is 15.7. The van der Waals surface area contributed by atoms with Crippen molar-refractivity contribution in [2.24, 2.45) is 0 Å². The van der Waals surface area contributed by atoms with Gasteiger partial charge in [0.05, 0.1) is 11.7 Å². The maximum atomic E-state index is 13.1. The van der Waals surface area contributed by atoms with Gasteiger partial charge in [0, 0.05) is 52.6 Å². The van der Waals surface area contributed by atoms with Crippen LogP contribution in [0.25, 0.3) is 20.7 Å². The summed E-state index contributed by atoms with van der Waals surface area (Å²) < 4.78 is 1.39. The van der Waals surface area contributed by atoms with Crippen molar-refractivity contribution in [1.82, 2.24) is 14.9 Å². The minimum atomic E-state index is -0.210. The van der Waals surface area contributed by atoms with Crippen molar-refractivity contribution in [2.45, 2.75) is 13.1 Å². The lowest BCUT2D eigenvalue weighted by Gasteiger charge is -2.28. The maximum Gasteiger partial charge on any atom is 0.263 e. The number of hydrogen-bond acceptors (Lipinski definition) is 7. The summed E-state index contributed by atoms with van der Waals surface area (Å²) in [6, 6.07) is 12.3. The van der Waals surface area contributed by atoms with Crippen LogP contribution in [0.3, 0.4) is 0 Å². The number of thiophene rings is 2. The van der Waals surface area contributed by atoms with E-state index >= 15 is 0 Å². The molecule has 3 aromatic heterocycles. The van der Waals surface area contributed by atoms with E-state index in [9.17, 15) is 9.59 Å². The number of nitrogens with one attached hydrogen (secondary N) is 1. The van der Waals surface area contributed by atoms with Gasteiger partial charge in [-0.15, -0.1) is 22.7 Å². The number of benzene rings is 1. The number of anilines is 1. The Morgan fingerprint density at radius 2 is 1.91 bits per heavy atom. The Labute approximate surface area is 197 Å². The van der Waals surface area contributed by atoms with Gasteiger partial charge in [-0.25, -0.2) is 4.98 Å². The third-order valence-corrected chi connectivity index (χ3v) is 8.20. The Balaban J connectivity index is 1.25. The first-order valence-electron chi connectivity index (χ1n) is 10.4. The molecule has 0 radical (unpaired) electrons. The number of fused-ring (bicyclic) bond motifs is 1. The van der Waals surface area contributed by atoms with Gasteiger partial charge in [0.2, 0.25) is 5.91 Å². The van der Waals surface area contributed by atoms with Crippen molar-refractivity contribution in [3.8, 4) is 10.4 Å². The highest BCUT2D eigenvalue weighted by Crippen LogP contribution is 2.33. The van der Waals surface area contributed by atoms with E-state index in [4.69, 9.17) is 0 Å². The molecular formula is C23H22N4O2S3. The molecule has 0 aliphatic carbocycles. The minimum absolute atomic E-state index is 0.0506. The van der Waals surface area contributed by atoms with Crippen LogP contribution in [0.4, 0.5) is 5.69 Å². The maximum absolute atomic E-state index is 13.1. The van der Waals surface area contributed by atoms with Gasteiger partial charge < -0.3 is 10.2 Å². The summed E-state index contributed by atoms with van der Waals surface area (Å²) in [7, 11) is 0. The largest absolute Gasteiger partial charge is 0.370 e. The van der Waals surface area contributed by atoms with E-state index in [-0.39, 0.29) is 18.0 Å². The molecule has 6 nitrogen and oxygen atoms in total. The Morgan fingerprint density at radius 3 is 2.66 bits per heavy atom. The van der Waals surface area contributed by atoms with Crippen LogP contribution in [0.1, 0.15) is 5.56 Å². The van der Waals surface area contributed by atoms with Crippen LogP contribution < -0.4 is 15.8 Å². The summed E-state index contributed by atoms with van der Waals surface area (Å²) in [6.07, 6.45) is 1.46. The van der Waals surface area contributed by atoms with E-state index in [0.717, 1.165) is 40.6 Å². The number of nitrogens with zero attached hydrogens (tertiary/aromatic N) is 3. The number of hydrogen-bond donors (Lipinski definition) is 1. The van der Waals surface area contributed by atoms with Crippen molar-refractivity contribution in [3.05, 3.63) is 69.4 Å². The third kappa shape index (κ3) is 4.46. The Bertz CT molecular complexity index is 1270. The Kier molecular flexibility index (Phi) is 6.29. The second kappa shape index (κ2) is 9.48. The van der Waals surface area contributed by atoms with Crippen LogP contribution in [-0.2, 0) is 17.9 Å². The molecule has 4 aromatic rings. The number of carbonyl (C=O) groups excluding carboxylic acids is 1. The van der Waals surface area contributed by atoms with Gasteiger partial charge in [-0.3, -0.25) is 14.2 Å².